The third-order valence-corrected chi connectivity index (χ3v) is 5.91. The first-order valence-corrected chi connectivity index (χ1v) is 11.7. The van der Waals surface area contributed by atoms with E-state index in [1.54, 1.807) is 0 Å². The third kappa shape index (κ3) is 14.7. The molecule has 0 saturated carbocycles. The molecule has 0 saturated heterocycles. The maximum absolute atomic E-state index is 10.5. The Morgan fingerprint density at radius 3 is 1.16 bits per heavy atom. The van der Waals surface area contributed by atoms with Crippen LogP contribution in [0.4, 0.5) is 0 Å². The average molecular weight is 357 g/mol. The molecule has 0 aromatic carbocycles. The lowest BCUT2D eigenvalue weighted by Gasteiger charge is -2.33. The Morgan fingerprint density at radius 1 is 0.560 bits per heavy atom. The first kappa shape index (κ1) is 24.9. The number of nitrogens with zero attached hydrogens (tertiary/aromatic N) is 1. The summed E-state index contributed by atoms with van der Waals surface area (Å²) in [5, 5.41) is 10.5. The van der Waals surface area contributed by atoms with Crippen molar-refractivity contribution in [3.05, 3.63) is 0 Å². The zero-order chi connectivity index (χ0) is 18.8. The van der Waals surface area contributed by atoms with Gasteiger partial charge in [0.2, 0.25) is 0 Å². The molecule has 0 aromatic heterocycles. The van der Waals surface area contributed by atoms with Gasteiger partial charge in [0.15, 0.2) is 0 Å². The van der Waals surface area contributed by atoms with Crippen LogP contribution in [0, 0.1) is 0 Å². The van der Waals surface area contributed by atoms with E-state index in [-0.39, 0.29) is 4.65 Å². The van der Waals surface area contributed by atoms with Gasteiger partial charge in [-0.2, -0.15) is 4.65 Å². The fraction of sp³-hybridized carbons (Fsp3) is 1.00. The molecule has 152 valence electrons. The zero-order valence-corrected chi connectivity index (χ0v) is 18.2. The van der Waals surface area contributed by atoms with Gasteiger partial charge in [-0.3, -0.25) is 0 Å². The van der Waals surface area contributed by atoms with E-state index in [9.17, 15) is 5.21 Å². The lowest BCUT2D eigenvalue weighted by Crippen LogP contribution is -2.50. The van der Waals surface area contributed by atoms with Gasteiger partial charge in [-0.1, -0.05) is 96.8 Å². The average Bonchev–Trinajstić information content (AvgIpc) is 2.61. The Bertz CT molecular complexity index is 267. The lowest BCUT2D eigenvalue weighted by atomic mass is 10.0. The number of hydrogen-bond acceptors (Lipinski definition) is 1. The zero-order valence-electron chi connectivity index (χ0n) is 18.2. The highest BCUT2D eigenvalue weighted by Gasteiger charge is 2.26. The van der Waals surface area contributed by atoms with E-state index in [4.69, 9.17) is 0 Å². The predicted octanol–water partition coefficient (Wildman–Crippen LogP) is 7.88. The molecular formula is C23H50NO+. The fourth-order valence-corrected chi connectivity index (χ4v) is 3.72. The second-order valence-electron chi connectivity index (χ2n) is 8.42. The third-order valence-electron chi connectivity index (χ3n) is 5.91. The molecule has 1 N–H and O–H groups in total. The van der Waals surface area contributed by atoms with E-state index in [1.165, 1.54) is 103 Å². The first-order valence-electron chi connectivity index (χ1n) is 11.7. The van der Waals surface area contributed by atoms with Gasteiger partial charge in [0, 0.05) is 0 Å². The molecular weight excluding hydrogens is 306 g/mol. The van der Waals surface area contributed by atoms with Gasteiger partial charge >= 0.3 is 0 Å². The minimum Gasteiger partial charge on any atom is -0.217 e. The van der Waals surface area contributed by atoms with E-state index in [0.29, 0.717) is 6.04 Å². The molecule has 25 heavy (non-hydrogen) atoms. The molecule has 2 nitrogen and oxygen atoms in total. The van der Waals surface area contributed by atoms with Gasteiger partial charge in [0.1, 0.15) is 19.1 Å². The highest BCUT2D eigenvalue weighted by atomic mass is 16.5. The Hall–Kier alpha value is -0.0800. The van der Waals surface area contributed by atoms with E-state index in [2.05, 4.69) is 27.7 Å². The van der Waals surface area contributed by atoms with E-state index < -0.39 is 0 Å². The van der Waals surface area contributed by atoms with Crippen LogP contribution >= 0.6 is 0 Å². The number of hydrogen-bond donors (Lipinski definition) is 1. The molecule has 0 aliphatic heterocycles. The molecule has 0 fully saturated rings. The Balaban J connectivity index is 3.22. The minimum absolute atomic E-state index is 0.249. The summed E-state index contributed by atoms with van der Waals surface area (Å²) in [7, 11) is 0. The van der Waals surface area contributed by atoms with Crippen molar-refractivity contribution in [1.82, 2.24) is 0 Å². The molecule has 0 aliphatic rings. The smallest absolute Gasteiger partial charge is 0.113 e. The van der Waals surface area contributed by atoms with Crippen LogP contribution in [0.1, 0.15) is 130 Å². The van der Waals surface area contributed by atoms with Crippen LogP contribution in [0.3, 0.4) is 0 Å². The summed E-state index contributed by atoms with van der Waals surface area (Å²) in [6, 6.07) is 0.321. The standard InChI is InChI=1S/C23H50NO/c1-5-7-8-9-10-11-12-13-14-15-16-17-18-19-20-21-22-24(25,6-2)23(3)4/h23,25H,5-22H2,1-4H3/q+1. The van der Waals surface area contributed by atoms with Crippen molar-refractivity contribution in [2.45, 2.75) is 136 Å². The molecule has 0 spiro atoms. The summed E-state index contributed by atoms with van der Waals surface area (Å²) < 4.78 is 0.249. The van der Waals surface area contributed by atoms with E-state index in [1.807, 2.05) is 0 Å². The monoisotopic (exact) mass is 356 g/mol. The molecule has 0 radical (unpaired) electrons. The fourth-order valence-electron chi connectivity index (χ4n) is 3.72. The highest BCUT2D eigenvalue weighted by Crippen LogP contribution is 2.15. The van der Waals surface area contributed by atoms with Gasteiger partial charge in [0.05, 0.1) is 0 Å². The van der Waals surface area contributed by atoms with Gasteiger partial charge in [-0.15, -0.1) is 0 Å². The number of quaternary nitrogens is 1. The van der Waals surface area contributed by atoms with Crippen LogP contribution in [0.25, 0.3) is 0 Å². The Kier molecular flexibility index (Phi) is 17.3. The molecule has 0 aromatic rings. The number of hydroxylamine groups is 3. The summed E-state index contributed by atoms with van der Waals surface area (Å²) in [4.78, 5) is 0. The van der Waals surface area contributed by atoms with Crippen molar-refractivity contribution >= 4 is 0 Å². The summed E-state index contributed by atoms with van der Waals surface area (Å²) in [5.41, 5.74) is 0. The molecule has 0 heterocycles. The maximum atomic E-state index is 10.5. The molecule has 0 amide bonds. The predicted molar refractivity (Wildman–Crippen MR) is 112 cm³/mol. The van der Waals surface area contributed by atoms with Crippen molar-refractivity contribution in [3.8, 4) is 0 Å². The summed E-state index contributed by atoms with van der Waals surface area (Å²) in [6.07, 6.45) is 22.4. The van der Waals surface area contributed by atoms with Crippen LogP contribution in [0.5, 0.6) is 0 Å². The van der Waals surface area contributed by atoms with Crippen LogP contribution in [-0.2, 0) is 0 Å². The molecule has 0 rings (SSSR count). The summed E-state index contributed by atoms with van der Waals surface area (Å²) >= 11 is 0. The van der Waals surface area contributed by atoms with Crippen molar-refractivity contribution in [2.24, 2.45) is 0 Å². The largest absolute Gasteiger partial charge is 0.217 e. The highest BCUT2D eigenvalue weighted by molar-refractivity contribution is 4.50. The molecule has 2 heteroatoms. The van der Waals surface area contributed by atoms with Crippen LogP contribution in [0.2, 0.25) is 0 Å². The maximum Gasteiger partial charge on any atom is 0.113 e. The van der Waals surface area contributed by atoms with Gasteiger partial charge in [-0.25, -0.2) is 5.21 Å². The molecule has 0 aliphatic carbocycles. The topological polar surface area (TPSA) is 20.2 Å². The SMILES string of the molecule is CCCCCCCCCCCCCCCCCC[N+](O)(CC)C(C)C. The normalized spacial score (nSPS) is 14.2. The van der Waals surface area contributed by atoms with Crippen molar-refractivity contribution in [3.63, 3.8) is 0 Å². The Labute approximate surface area is 159 Å². The lowest BCUT2D eigenvalue weighted by molar-refractivity contribution is -1.12. The molecule has 1 unspecified atom stereocenters. The van der Waals surface area contributed by atoms with Crippen molar-refractivity contribution in [1.29, 1.82) is 0 Å². The molecule has 1 atom stereocenters. The van der Waals surface area contributed by atoms with Crippen molar-refractivity contribution < 1.29 is 9.85 Å². The van der Waals surface area contributed by atoms with Gasteiger partial charge in [0.25, 0.3) is 0 Å². The van der Waals surface area contributed by atoms with Crippen LogP contribution < -0.4 is 0 Å². The second-order valence-corrected chi connectivity index (χ2v) is 8.42. The Morgan fingerprint density at radius 2 is 0.880 bits per heavy atom. The summed E-state index contributed by atoms with van der Waals surface area (Å²) in [6.45, 7) is 10.4. The number of rotatable bonds is 19. The van der Waals surface area contributed by atoms with Crippen molar-refractivity contribution in [2.75, 3.05) is 13.1 Å². The van der Waals surface area contributed by atoms with Gasteiger partial charge in [-0.05, 0) is 33.6 Å². The van der Waals surface area contributed by atoms with Gasteiger partial charge < -0.3 is 0 Å². The second kappa shape index (κ2) is 17.3. The van der Waals surface area contributed by atoms with Crippen LogP contribution in [-0.4, -0.2) is 29.0 Å². The molecule has 0 bridgehead atoms. The first-order chi connectivity index (χ1) is 12.1. The van der Waals surface area contributed by atoms with E-state index in [0.717, 1.165) is 13.1 Å². The minimum atomic E-state index is 0.249. The van der Waals surface area contributed by atoms with Crippen LogP contribution in [0.15, 0.2) is 0 Å². The number of unbranched alkanes of at least 4 members (excludes halogenated alkanes) is 15. The quantitative estimate of drug-likeness (QED) is 0.142. The van der Waals surface area contributed by atoms with E-state index >= 15 is 0 Å². The summed E-state index contributed by atoms with van der Waals surface area (Å²) in [5.74, 6) is 0.